The van der Waals surface area contributed by atoms with Crippen LogP contribution in [0.4, 0.5) is 5.69 Å². The highest BCUT2D eigenvalue weighted by atomic mass is 32.1. The van der Waals surface area contributed by atoms with Crippen LogP contribution in [0.25, 0.3) is 0 Å². The number of benzene rings is 3. The molecule has 7 heteroatoms. The lowest BCUT2D eigenvalue weighted by Gasteiger charge is -2.25. The van der Waals surface area contributed by atoms with E-state index in [0.717, 1.165) is 16.9 Å². The van der Waals surface area contributed by atoms with Gasteiger partial charge in [0.05, 0.1) is 25.4 Å². The monoisotopic (exact) mass is 457 g/mol. The summed E-state index contributed by atoms with van der Waals surface area (Å²) in [6.45, 7) is 0. The first-order chi connectivity index (χ1) is 16.1. The highest BCUT2D eigenvalue weighted by molar-refractivity contribution is 7.80. The van der Waals surface area contributed by atoms with E-state index in [4.69, 9.17) is 17.0 Å². The maximum atomic E-state index is 13.3. The van der Waals surface area contributed by atoms with Crippen molar-refractivity contribution < 1.29 is 14.3 Å². The van der Waals surface area contributed by atoms with Gasteiger partial charge in [0.2, 0.25) is 5.91 Å². The van der Waals surface area contributed by atoms with Crippen molar-refractivity contribution in [2.24, 2.45) is 5.10 Å². The summed E-state index contributed by atoms with van der Waals surface area (Å²) in [7, 11) is 1.61. The van der Waals surface area contributed by atoms with Gasteiger partial charge in [-0.2, -0.15) is 5.10 Å². The smallest absolute Gasteiger partial charge is 0.259 e. The molecule has 3 aromatic rings. The lowest BCUT2D eigenvalue weighted by molar-refractivity contribution is -0.122. The van der Waals surface area contributed by atoms with Crippen molar-refractivity contribution in [3.63, 3.8) is 0 Å². The standard InChI is InChI=1S/C26H23N3O3S/c1-32-22-14-12-20(13-15-22)18-27-29(25(33)16-19-8-4-2-5-9-19)23-17-24(30)28(26(23)31)21-10-6-3-7-11-21/h2-15,18,23H,16-17H2,1H3/b27-18-/t23-/m0/s1. The van der Waals surface area contributed by atoms with Crippen LogP contribution in [0, 0.1) is 0 Å². The number of nitrogens with zero attached hydrogens (tertiary/aromatic N) is 3. The van der Waals surface area contributed by atoms with Crippen molar-refractivity contribution in [3.8, 4) is 5.75 Å². The molecule has 1 saturated heterocycles. The number of methoxy groups -OCH3 is 1. The zero-order valence-electron chi connectivity index (χ0n) is 18.1. The Morgan fingerprint density at radius 1 is 1.03 bits per heavy atom. The summed E-state index contributed by atoms with van der Waals surface area (Å²) in [5.41, 5.74) is 2.37. The van der Waals surface area contributed by atoms with Gasteiger partial charge < -0.3 is 4.74 Å². The molecule has 6 nitrogen and oxygen atoms in total. The molecule has 0 unspecified atom stereocenters. The molecule has 0 radical (unpaired) electrons. The highest BCUT2D eigenvalue weighted by Gasteiger charge is 2.43. The molecule has 0 saturated carbocycles. The Labute approximate surface area is 198 Å². The van der Waals surface area contributed by atoms with Crippen molar-refractivity contribution in [1.29, 1.82) is 0 Å². The molecule has 0 aromatic heterocycles. The van der Waals surface area contributed by atoms with Gasteiger partial charge in [0.1, 0.15) is 16.8 Å². The maximum Gasteiger partial charge on any atom is 0.259 e. The van der Waals surface area contributed by atoms with Crippen LogP contribution < -0.4 is 9.64 Å². The molecule has 1 fully saturated rings. The normalized spacial score (nSPS) is 15.8. The van der Waals surface area contributed by atoms with Crippen molar-refractivity contribution in [2.75, 3.05) is 12.0 Å². The quantitative estimate of drug-likeness (QED) is 0.230. The minimum Gasteiger partial charge on any atom is -0.497 e. The number of imide groups is 1. The van der Waals surface area contributed by atoms with Crippen LogP contribution in [0.5, 0.6) is 5.75 Å². The number of thiocarbonyl (C=S) groups is 1. The summed E-state index contributed by atoms with van der Waals surface area (Å²) in [6, 6.07) is 25.2. The first-order valence-electron chi connectivity index (χ1n) is 10.5. The summed E-state index contributed by atoms with van der Waals surface area (Å²) in [5, 5.41) is 6.08. The lowest BCUT2D eigenvalue weighted by atomic mass is 10.1. The molecule has 1 heterocycles. The summed E-state index contributed by atoms with van der Waals surface area (Å²) in [6.07, 6.45) is 2.07. The molecular weight excluding hydrogens is 434 g/mol. The van der Waals surface area contributed by atoms with Crippen LogP contribution in [0.1, 0.15) is 17.5 Å². The van der Waals surface area contributed by atoms with Gasteiger partial charge >= 0.3 is 0 Å². The fourth-order valence-corrected chi connectivity index (χ4v) is 3.99. The van der Waals surface area contributed by atoms with Gasteiger partial charge in [-0.15, -0.1) is 0 Å². The number of ether oxygens (including phenoxy) is 1. The second-order valence-corrected chi connectivity index (χ2v) is 8.01. The zero-order chi connectivity index (χ0) is 23.2. The van der Waals surface area contributed by atoms with Crippen LogP contribution in [0.2, 0.25) is 0 Å². The average Bonchev–Trinajstić information content (AvgIpc) is 3.14. The Bertz CT molecular complexity index is 1160. The number of para-hydroxylation sites is 1. The first kappa shape index (κ1) is 22.4. The van der Waals surface area contributed by atoms with Crippen LogP contribution >= 0.6 is 12.2 Å². The Balaban J connectivity index is 1.62. The lowest BCUT2D eigenvalue weighted by Crippen LogP contribution is -2.42. The van der Waals surface area contributed by atoms with Crippen molar-refractivity contribution in [3.05, 3.63) is 96.1 Å². The predicted molar refractivity (Wildman–Crippen MR) is 133 cm³/mol. The van der Waals surface area contributed by atoms with E-state index >= 15 is 0 Å². The summed E-state index contributed by atoms with van der Waals surface area (Å²) >= 11 is 5.71. The highest BCUT2D eigenvalue weighted by Crippen LogP contribution is 2.26. The Morgan fingerprint density at radius 2 is 1.67 bits per heavy atom. The molecule has 33 heavy (non-hydrogen) atoms. The van der Waals surface area contributed by atoms with Crippen LogP contribution in [-0.4, -0.2) is 41.2 Å². The molecule has 0 bridgehead atoms. The van der Waals surface area contributed by atoms with Crippen LogP contribution in [0.3, 0.4) is 0 Å². The Hall–Kier alpha value is -3.84. The number of hydrogen-bond acceptors (Lipinski definition) is 5. The van der Waals surface area contributed by atoms with E-state index in [2.05, 4.69) is 5.10 Å². The van der Waals surface area contributed by atoms with Gasteiger partial charge in [0, 0.05) is 6.42 Å². The SMILES string of the molecule is COc1ccc(/C=N\N(C(=S)Cc2ccccc2)[C@H]2CC(=O)N(c3ccccc3)C2=O)cc1. The molecule has 0 spiro atoms. The van der Waals surface area contributed by atoms with Crippen LogP contribution in [-0.2, 0) is 16.0 Å². The topological polar surface area (TPSA) is 62.2 Å². The van der Waals surface area contributed by atoms with E-state index in [1.165, 1.54) is 9.91 Å². The van der Waals surface area contributed by atoms with Gasteiger partial charge in [-0.1, -0.05) is 60.7 Å². The van der Waals surface area contributed by atoms with E-state index in [-0.39, 0.29) is 18.2 Å². The van der Waals surface area contributed by atoms with Gasteiger partial charge in [0.25, 0.3) is 5.91 Å². The third kappa shape index (κ3) is 5.15. The molecule has 1 aliphatic rings. The van der Waals surface area contributed by atoms with E-state index in [0.29, 0.717) is 17.1 Å². The van der Waals surface area contributed by atoms with Crippen molar-refractivity contribution >= 4 is 40.9 Å². The number of hydrazone groups is 1. The fraction of sp³-hybridized carbons (Fsp3) is 0.154. The van der Waals surface area contributed by atoms with Crippen molar-refractivity contribution in [2.45, 2.75) is 18.9 Å². The largest absolute Gasteiger partial charge is 0.497 e. The number of hydrogen-bond donors (Lipinski definition) is 0. The molecular formula is C26H23N3O3S. The van der Waals surface area contributed by atoms with Gasteiger partial charge in [-0.25, -0.2) is 9.91 Å². The van der Waals surface area contributed by atoms with Gasteiger partial charge in [-0.05, 0) is 47.5 Å². The van der Waals surface area contributed by atoms with E-state index < -0.39 is 6.04 Å². The molecule has 1 aliphatic heterocycles. The minimum absolute atomic E-state index is 0.00259. The molecule has 166 valence electrons. The third-order valence-electron chi connectivity index (χ3n) is 5.33. The van der Waals surface area contributed by atoms with E-state index in [1.54, 1.807) is 37.6 Å². The van der Waals surface area contributed by atoms with Crippen molar-refractivity contribution in [1.82, 2.24) is 5.01 Å². The zero-order valence-corrected chi connectivity index (χ0v) is 18.9. The molecule has 1 atom stereocenters. The van der Waals surface area contributed by atoms with Gasteiger partial charge in [0.15, 0.2) is 0 Å². The van der Waals surface area contributed by atoms with Crippen LogP contribution in [0.15, 0.2) is 90.0 Å². The Kier molecular flexibility index (Phi) is 6.90. The predicted octanol–water partition coefficient (Wildman–Crippen LogP) is 4.23. The third-order valence-corrected chi connectivity index (χ3v) is 5.66. The molecule has 4 rings (SSSR count). The number of rotatable bonds is 7. The number of anilines is 1. The molecule has 0 aliphatic carbocycles. The maximum absolute atomic E-state index is 13.3. The minimum atomic E-state index is -0.802. The second-order valence-electron chi connectivity index (χ2n) is 7.54. The van der Waals surface area contributed by atoms with E-state index in [1.807, 2.05) is 60.7 Å². The molecule has 3 aromatic carbocycles. The molecule has 0 N–H and O–H groups in total. The van der Waals surface area contributed by atoms with Gasteiger partial charge in [-0.3, -0.25) is 9.59 Å². The summed E-state index contributed by atoms with van der Waals surface area (Å²) in [5.74, 6) is 0.121. The first-order valence-corrected chi connectivity index (χ1v) is 10.9. The molecule has 2 amide bonds. The fourth-order valence-electron chi connectivity index (χ4n) is 3.64. The number of carbonyl (C=O) groups excluding carboxylic acids is 2. The average molecular weight is 458 g/mol. The summed E-state index contributed by atoms with van der Waals surface area (Å²) in [4.78, 5) is 27.8. The van der Waals surface area contributed by atoms with E-state index in [9.17, 15) is 9.59 Å². The second kappa shape index (κ2) is 10.2. The Morgan fingerprint density at radius 3 is 2.30 bits per heavy atom. The number of carbonyl (C=O) groups is 2. The summed E-state index contributed by atoms with van der Waals surface area (Å²) < 4.78 is 5.20. The number of amides is 2.